The van der Waals surface area contributed by atoms with Gasteiger partial charge in [0.2, 0.25) is 5.91 Å². The second-order valence-electron chi connectivity index (χ2n) is 4.94. The standard InChI is InChI=1S/C16H18FNO5/c1-3-15(19)18-13-9-12(17)14(8-11(13)16(20)21-2)23-10-4-6-22-7-5-10/h3,8-10H,1,4-7H2,2H3,(H,18,19). The Kier molecular flexibility index (Phi) is 5.70. The van der Waals surface area contributed by atoms with Gasteiger partial charge in [-0.3, -0.25) is 4.79 Å². The van der Waals surface area contributed by atoms with E-state index in [0.29, 0.717) is 26.1 Å². The molecule has 0 atom stereocenters. The molecule has 1 saturated heterocycles. The third-order valence-corrected chi connectivity index (χ3v) is 3.38. The van der Waals surface area contributed by atoms with Gasteiger partial charge in [-0.1, -0.05) is 6.58 Å². The fourth-order valence-corrected chi connectivity index (χ4v) is 2.18. The quantitative estimate of drug-likeness (QED) is 0.665. The highest BCUT2D eigenvalue weighted by Crippen LogP contribution is 2.29. The highest BCUT2D eigenvalue weighted by atomic mass is 19.1. The minimum Gasteiger partial charge on any atom is -0.487 e. The van der Waals surface area contributed by atoms with Crippen LogP contribution in [0.5, 0.6) is 5.75 Å². The zero-order valence-electron chi connectivity index (χ0n) is 12.8. The molecule has 124 valence electrons. The number of amides is 1. The SMILES string of the molecule is C=CC(=O)Nc1cc(F)c(OC2CCOCC2)cc1C(=O)OC. The van der Waals surface area contributed by atoms with Gasteiger partial charge >= 0.3 is 5.97 Å². The maximum Gasteiger partial charge on any atom is 0.340 e. The largest absolute Gasteiger partial charge is 0.487 e. The number of carbonyl (C=O) groups excluding carboxylic acids is 2. The molecule has 1 N–H and O–H groups in total. The second kappa shape index (κ2) is 7.73. The van der Waals surface area contributed by atoms with E-state index in [4.69, 9.17) is 9.47 Å². The zero-order chi connectivity index (χ0) is 16.8. The number of carbonyl (C=O) groups is 2. The molecule has 0 aromatic heterocycles. The highest BCUT2D eigenvalue weighted by molar-refractivity contribution is 6.05. The summed E-state index contributed by atoms with van der Waals surface area (Å²) in [6.07, 6.45) is 2.12. The summed E-state index contributed by atoms with van der Waals surface area (Å²) in [6, 6.07) is 2.26. The fraction of sp³-hybridized carbons (Fsp3) is 0.375. The lowest BCUT2D eigenvalue weighted by Gasteiger charge is -2.24. The van der Waals surface area contributed by atoms with Crippen LogP contribution in [0.15, 0.2) is 24.8 Å². The maximum atomic E-state index is 14.2. The first-order valence-corrected chi connectivity index (χ1v) is 7.14. The van der Waals surface area contributed by atoms with Crippen molar-refractivity contribution < 1.29 is 28.2 Å². The molecule has 1 heterocycles. The summed E-state index contributed by atoms with van der Waals surface area (Å²) in [5, 5.41) is 2.37. The summed E-state index contributed by atoms with van der Waals surface area (Å²) in [6.45, 7) is 4.40. The lowest BCUT2D eigenvalue weighted by Crippen LogP contribution is -2.26. The summed E-state index contributed by atoms with van der Waals surface area (Å²) >= 11 is 0. The number of anilines is 1. The number of methoxy groups -OCH3 is 1. The molecule has 1 fully saturated rings. The first-order valence-electron chi connectivity index (χ1n) is 7.14. The molecule has 0 unspecified atom stereocenters. The Balaban J connectivity index is 2.30. The highest BCUT2D eigenvalue weighted by Gasteiger charge is 2.22. The number of ether oxygens (including phenoxy) is 3. The molecule has 1 aliphatic heterocycles. The Bertz CT molecular complexity index is 611. The van der Waals surface area contributed by atoms with Gasteiger partial charge in [0.1, 0.15) is 6.10 Å². The first-order chi connectivity index (χ1) is 11.0. The Morgan fingerprint density at radius 1 is 1.39 bits per heavy atom. The number of halogens is 1. The number of esters is 1. The van der Waals surface area contributed by atoms with Crippen molar-refractivity contribution >= 4 is 17.6 Å². The molecular weight excluding hydrogens is 305 g/mol. The molecule has 0 aliphatic carbocycles. The van der Waals surface area contributed by atoms with Crippen LogP contribution in [0, 0.1) is 5.82 Å². The molecule has 1 amide bonds. The van der Waals surface area contributed by atoms with Crippen molar-refractivity contribution in [3.63, 3.8) is 0 Å². The molecular formula is C16H18FNO5. The van der Waals surface area contributed by atoms with E-state index in [2.05, 4.69) is 16.6 Å². The van der Waals surface area contributed by atoms with E-state index in [9.17, 15) is 14.0 Å². The predicted molar refractivity (Wildman–Crippen MR) is 81.0 cm³/mol. The van der Waals surface area contributed by atoms with Gasteiger partial charge in [-0.05, 0) is 12.1 Å². The fourth-order valence-electron chi connectivity index (χ4n) is 2.18. The third kappa shape index (κ3) is 4.29. The van der Waals surface area contributed by atoms with Gasteiger partial charge in [0.05, 0.1) is 31.6 Å². The lowest BCUT2D eigenvalue weighted by molar-refractivity contribution is -0.111. The van der Waals surface area contributed by atoms with Crippen LogP contribution in [0.25, 0.3) is 0 Å². The van der Waals surface area contributed by atoms with Gasteiger partial charge in [0.15, 0.2) is 11.6 Å². The summed E-state index contributed by atoms with van der Waals surface area (Å²) in [5.74, 6) is -2.01. The number of nitrogens with one attached hydrogen (secondary N) is 1. The van der Waals surface area contributed by atoms with Crippen LogP contribution in [0.2, 0.25) is 0 Å². The van der Waals surface area contributed by atoms with Gasteiger partial charge in [-0.25, -0.2) is 9.18 Å². The summed E-state index contributed by atoms with van der Waals surface area (Å²) < 4.78 is 29.7. The average molecular weight is 323 g/mol. The van der Waals surface area contributed by atoms with Crippen LogP contribution < -0.4 is 10.1 Å². The normalized spacial score (nSPS) is 14.9. The predicted octanol–water partition coefficient (Wildman–Crippen LogP) is 2.29. The van der Waals surface area contributed by atoms with Crippen molar-refractivity contribution in [1.29, 1.82) is 0 Å². The molecule has 23 heavy (non-hydrogen) atoms. The van der Waals surface area contributed by atoms with Gasteiger partial charge in [-0.15, -0.1) is 0 Å². The Morgan fingerprint density at radius 3 is 2.70 bits per heavy atom. The Labute approximate surface area is 133 Å². The molecule has 1 aromatic rings. The molecule has 1 aromatic carbocycles. The van der Waals surface area contributed by atoms with Crippen molar-refractivity contribution in [1.82, 2.24) is 0 Å². The van der Waals surface area contributed by atoms with E-state index in [0.717, 1.165) is 12.1 Å². The molecule has 0 radical (unpaired) electrons. The minimum absolute atomic E-state index is 0.00132. The van der Waals surface area contributed by atoms with E-state index in [-0.39, 0.29) is 23.1 Å². The van der Waals surface area contributed by atoms with E-state index in [1.54, 1.807) is 0 Å². The van der Waals surface area contributed by atoms with Crippen LogP contribution in [0.3, 0.4) is 0 Å². The van der Waals surface area contributed by atoms with Crippen LogP contribution >= 0.6 is 0 Å². The molecule has 6 nitrogen and oxygen atoms in total. The van der Waals surface area contributed by atoms with Crippen molar-refractivity contribution in [2.75, 3.05) is 25.6 Å². The summed E-state index contributed by atoms with van der Waals surface area (Å²) in [4.78, 5) is 23.3. The van der Waals surface area contributed by atoms with Crippen molar-refractivity contribution in [2.45, 2.75) is 18.9 Å². The van der Waals surface area contributed by atoms with Gasteiger partial charge in [-0.2, -0.15) is 0 Å². The molecule has 1 aliphatic rings. The van der Waals surface area contributed by atoms with Gasteiger partial charge in [0.25, 0.3) is 0 Å². The van der Waals surface area contributed by atoms with Crippen LogP contribution in [0.1, 0.15) is 23.2 Å². The number of rotatable bonds is 5. The second-order valence-corrected chi connectivity index (χ2v) is 4.94. The first kappa shape index (κ1) is 17.0. The van der Waals surface area contributed by atoms with Crippen molar-refractivity contribution in [3.05, 3.63) is 36.2 Å². The van der Waals surface area contributed by atoms with Gasteiger partial charge in [0, 0.05) is 18.9 Å². The van der Waals surface area contributed by atoms with Crippen LogP contribution in [-0.2, 0) is 14.3 Å². The van der Waals surface area contributed by atoms with Gasteiger partial charge < -0.3 is 19.5 Å². The summed E-state index contributed by atoms with van der Waals surface area (Å²) in [5.41, 5.74) is 0.00439. The topological polar surface area (TPSA) is 73.9 Å². The Morgan fingerprint density at radius 2 is 2.09 bits per heavy atom. The monoisotopic (exact) mass is 323 g/mol. The van der Waals surface area contributed by atoms with E-state index < -0.39 is 17.7 Å². The molecule has 2 rings (SSSR count). The summed E-state index contributed by atoms with van der Waals surface area (Å²) in [7, 11) is 1.20. The Hall–Kier alpha value is -2.41. The smallest absolute Gasteiger partial charge is 0.340 e. The minimum atomic E-state index is -0.707. The lowest BCUT2D eigenvalue weighted by atomic mass is 10.1. The van der Waals surface area contributed by atoms with E-state index in [1.807, 2.05) is 0 Å². The maximum absolute atomic E-state index is 14.2. The van der Waals surface area contributed by atoms with Crippen LogP contribution in [-0.4, -0.2) is 38.3 Å². The molecule has 0 spiro atoms. The molecule has 7 heteroatoms. The zero-order valence-corrected chi connectivity index (χ0v) is 12.8. The number of benzene rings is 1. The van der Waals surface area contributed by atoms with Crippen LogP contribution in [0.4, 0.5) is 10.1 Å². The van der Waals surface area contributed by atoms with Crippen molar-refractivity contribution in [3.8, 4) is 5.75 Å². The molecule has 0 bridgehead atoms. The number of hydrogen-bond acceptors (Lipinski definition) is 5. The van der Waals surface area contributed by atoms with E-state index >= 15 is 0 Å². The number of hydrogen-bond donors (Lipinski definition) is 1. The third-order valence-electron chi connectivity index (χ3n) is 3.38. The molecule has 0 saturated carbocycles. The van der Waals surface area contributed by atoms with Crippen molar-refractivity contribution in [2.24, 2.45) is 0 Å². The average Bonchev–Trinajstić information content (AvgIpc) is 2.57. The van der Waals surface area contributed by atoms with E-state index in [1.165, 1.54) is 13.2 Å².